The average Bonchev–Trinajstić information content (AvgIpc) is 3.00. The highest BCUT2D eigenvalue weighted by atomic mass is 79.9. The fraction of sp³-hybridized carbons (Fsp3) is 0.652. The van der Waals surface area contributed by atoms with Gasteiger partial charge in [-0.1, -0.05) is 19.6 Å². The predicted octanol–water partition coefficient (Wildman–Crippen LogP) is 5.92. The van der Waals surface area contributed by atoms with Gasteiger partial charge in [-0.3, -0.25) is 0 Å². The number of hydrogen-bond acceptors (Lipinski definition) is 5. The van der Waals surface area contributed by atoms with Crippen molar-refractivity contribution in [2.75, 3.05) is 25.0 Å². The summed E-state index contributed by atoms with van der Waals surface area (Å²) in [5.41, 5.74) is 1.41. The first-order valence-electron chi connectivity index (χ1n) is 11.4. The van der Waals surface area contributed by atoms with Crippen LogP contribution in [-0.2, 0) is 16.2 Å². The standard InChI is InChI=1S/C23H37BrN4O3Si/c1-23(2,3)31-22(29)27-11-7-8-17(14-27)26-19-9-10-25-21-20(19)18(24)15-28(21)16-30-12-13-32(4,5)6/h9-10,15,17H,7-8,11-14,16H2,1-6H3,(H,25,26)/t17-/m1/s1. The van der Waals surface area contributed by atoms with Crippen molar-refractivity contribution < 1.29 is 14.3 Å². The van der Waals surface area contributed by atoms with Crippen LogP contribution in [-0.4, -0.2) is 60.0 Å². The molecule has 0 spiro atoms. The molecule has 2 aromatic rings. The Morgan fingerprint density at radius 3 is 2.78 bits per heavy atom. The molecule has 3 rings (SSSR count). The van der Waals surface area contributed by atoms with E-state index in [-0.39, 0.29) is 12.1 Å². The Bertz CT molecular complexity index is 936. The van der Waals surface area contributed by atoms with Crippen molar-refractivity contribution in [3.05, 3.63) is 22.9 Å². The molecular weight excluding hydrogens is 488 g/mol. The summed E-state index contributed by atoms with van der Waals surface area (Å²) in [7, 11) is -1.11. The molecule has 0 unspecified atom stereocenters. The summed E-state index contributed by atoms with van der Waals surface area (Å²) in [4.78, 5) is 18.9. The number of pyridine rings is 1. The number of halogens is 1. The lowest BCUT2D eigenvalue weighted by Gasteiger charge is -2.35. The molecule has 0 saturated carbocycles. The Morgan fingerprint density at radius 2 is 2.09 bits per heavy atom. The van der Waals surface area contributed by atoms with Crippen molar-refractivity contribution in [1.82, 2.24) is 14.5 Å². The van der Waals surface area contributed by atoms with Gasteiger partial charge >= 0.3 is 6.09 Å². The normalized spacial score (nSPS) is 17.6. The number of aromatic nitrogens is 2. The van der Waals surface area contributed by atoms with Crippen LogP contribution in [0, 0.1) is 0 Å². The summed E-state index contributed by atoms with van der Waals surface area (Å²) < 4.78 is 14.5. The van der Waals surface area contributed by atoms with E-state index in [2.05, 4.69) is 45.9 Å². The first kappa shape index (κ1) is 25.0. The minimum absolute atomic E-state index is 0.158. The summed E-state index contributed by atoms with van der Waals surface area (Å²) in [6.07, 6.45) is 5.56. The first-order chi connectivity index (χ1) is 14.9. The second kappa shape index (κ2) is 10.1. The van der Waals surface area contributed by atoms with Gasteiger partial charge in [-0.05, 0) is 61.7 Å². The lowest BCUT2D eigenvalue weighted by atomic mass is 10.1. The molecule has 1 atom stereocenters. The highest BCUT2D eigenvalue weighted by molar-refractivity contribution is 9.10. The lowest BCUT2D eigenvalue weighted by Crippen LogP contribution is -2.47. The molecular formula is C23H37BrN4O3Si. The van der Waals surface area contributed by atoms with Crippen molar-refractivity contribution in [3.8, 4) is 0 Å². The van der Waals surface area contributed by atoms with Crippen molar-refractivity contribution in [3.63, 3.8) is 0 Å². The number of piperidine rings is 1. The van der Waals surface area contributed by atoms with Crippen LogP contribution in [0.2, 0.25) is 25.7 Å². The predicted molar refractivity (Wildman–Crippen MR) is 136 cm³/mol. The summed E-state index contributed by atoms with van der Waals surface area (Å²) in [5, 5.41) is 4.68. The molecule has 0 bridgehead atoms. The third kappa shape index (κ3) is 6.96. The molecule has 0 aromatic carbocycles. The smallest absolute Gasteiger partial charge is 0.410 e. The van der Waals surface area contributed by atoms with E-state index in [4.69, 9.17) is 9.47 Å². The lowest BCUT2D eigenvalue weighted by molar-refractivity contribution is 0.0206. The topological polar surface area (TPSA) is 68.6 Å². The summed E-state index contributed by atoms with van der Waals surface area (Å²) in [6.45, 7) is 15.4. The number of anilines is 1. The van der Waals surface area contributed by atoms with Gasteiger partial charge < -0.3 is 24.3 Å². The Kier molecular flexibility index (Phi) is 7.93. The van der Waals surface area contributed by atoms with Gasteiger partial charge in [0, 0.05) is 56.4 Å². The number of fused-ring (bicyclic) bond motifs is 1. The van der Waals surface area contributed by atoms with Crippen LogP contribution in [0.5, 0.6) is 0 Å². The number of hydrogen-bond donors (Lipinski definition) is 1. The molecule has 178 valence electrons. The number of likely N-dealkylation sites (tertiary alicyclic amines) is 1. The van der Waals surface area contributed by atoms with E-state index in [0.717, 1.165) is 53.2 Å². The van der Waals surface area contributed by atoms with Crippen LogP contribution in [0.3, 0.4) is 0 Å². The molecule has 1 aliphatic rings. The molecule has 9 heteroatoms. The Labute approximate surface area is 201 Å². The van der Waals surface area contributed by atoms with Gasteiger partial charge in [-0.2, -0.15) is 0 Å². The van der Waals surface area contributed by atoms with Crippen molar-refractivity contribution >= 4 is 46.8 Å². The van der Waals surface area contributed by atoms with Crippen molar-refractivity contribution in [1.29, 1.82) is 0 Å². The molecule has 0 radical (unpaired) electrons. The van der Waals surface area contributed by atoms with Crippen molar-refractivity contribution in [2.45, 2.75) is 77.7 Å². The third-order valence-electron chi connectivity index (χ3n) is 5.37. The zero-order chi connectivity index (χ0) is 23.5. The van der Waals surface area contributed by atoms with Gasteiger partial charge in [0.1, 0.15) is 18.0 Å². The van der Waals surface area contributed by atoms with E-state index in [0.29, 0.717) is 13.3 Å². The van der Waals surface area contributed by atoms with Gasteiger partial charge in [0.05, 0.1) is 5.39 Å². The Morgan fingerprint density at radius 1 is 1.34 bits per heavy atom. The fourth-order valence-corrected chi connectivity index (χ4v) is 5.13. The fourth-order valence-electron chi connectivity index (χ4n) is 3.73. The molecule has 32 heavy (non-hydrogen) atoms. The monoisotopic (exact) mass is 524 g/mol. The highest BCUT2D eigenvalue weighted by Gasteiger charge is 2.28. The number of carbonyl (C=O) groups is 1. The van der Waals surface area contributed by atoms with E-state index in [1.807, 2.05) is 43.8 Å². The summed E-state index contributed by atoms with van der Waals surface area (Å²) in [5.74, 6) is 0. The number of nitrogens with zero attached hydrogens (tertiary/aromatic N) is 3. The molecule has 1 saturated heterocycles. The number of rotatable bonds is 7. The first-order valence-corrected chi connectivity index (χ1v) is 15.9. The van der Waals surface area contributed by atoms with Crippen LogP contribution in [0.4, 0.5) is 10.5 Å². The minimum atomic E-state index is -1.11. The summed E-state index contributed by atoms with van der Waals surface area (Å²) >= 11 is 3.71. The highest BCUT2D eigenvalue weighted by Crippen LogP contribution is 2.32. The van der Waals surface area contributed by atoms with Gasteiger partial charge in [0.25, 0.3) is 0 Å². The van der Waals surface area contributed by atoms with E-state index in [9.17, 15) is 4.79 Å². The Hall–Kier alpha value is -1.58. The average molecular weight is 526 g/mol. The SMILES string of the molecule is CC(C)(C)OC(=O)N1CCC[C@@H](Nc2ccnc3c2c(Br)cn3COCC[Si](C)(C)C)C1. The van der Waals surface area contributed by atoms with Crippen LogP contribution in [0.1, 0.15) is 33.6 Å². The Balaban J connectivity index is 1.68. The van der Waals surface area contributed by atoms with Gasteiger partial charge in [0.15, 0.2) is 0 Å². The second-order valence-corrected chi connectivity index (χ2v) is 17.2. The van der Waals surface area contributed by atoms with Gasteiger partial charge in [0.2, 0.25) is 0 Å². The maximum absolute atomic E-state index is 12.5. The van der Waals surface area contributed by atoms with Crippen molar-refractivity contribution in [2.24, 2.45) is 0 Å². The molecule has 2 aromatic heterocycles. The quantitative estimate of drug-likeness (QED) is 0.359. The van der Waals surface area contributed by atoms with Crippen LogP contribution >= 0.6 is 15.9 Å². The maximum atomic E-state index is 12.5. The molecule has 7 nitrogen and oxygen atoms in total. The van der Waals surface area contributed by atoms with E-state index in [1.165, 1.54) is 0 Å². The number of carbonyl (C=O) groups excluding carboxylic acids is 1. The van der Waals surface area contributed by atoms with Gasteiger partial charge in [-0.25, -0.2) is 9.78 Å². The van der Waals surface area contributed by atoms with Gasteiger partial charge in [-0.15, -0.1) is 0 Å². The van der Waals surface area contributed by atoms with Crippen LogP contribution in [0.25, 0.3) is 11.0 Å². The zero-order valence-corrected chi connectivity index (χ0v) is 22.8. The third-order valence-corrected chi connectivity index (χ3v) is 7.68. The van der Waals surface area contributed by atoms with Crippen LogP contribution in [0.15, 0.2) is 22.9 Å². The van der Waals surface area contributed by atoms with E-state index >= 15 is 0 Å². The molecule has 1 N–H and O–H groups in total. The molecule has 0 aliphatic carbocycles. The zero-order valence-electron chi connectivity index (χ0n) is 20.2. The minimum Gasteiger partial charge on any atom is -0.444 e. The summed E-state index contributed by atoms with van der Waals surface area (Å²) in [6, 6.07) is 3.30. The number of amides is 1. The van der Waals surface area contributed by atoms with E-state index in [1.54, 1.807) is 4.90 Å². The molecule has 1 fully saturated rings. The molecule has 1 amide bonds. The maximum Gasteiger partial charge on any atom is 0.410 e. The number of nitrogens with one attached hydrogen (secondary N) is 1. The number of ether oxygens (including phenoxy) is 2. The largest absolute Gasteiger partial charge is 0.444 e. The molecule has 3 heterocycles. The van der Waals surface area contributed by atoms with E-state index < -0.39 is 13.7 Å². The second-order valence-electron chi connectivity index (χ2n) is 10.8. The van der Waals surface area contributed by atoms with Crippen LogP contribution < -0.4 is 5.32 Å². The molecule has 1 aliphatic heterocycles.